The molecule has 1 N–H and O–H groups in total. The lowest BCUT2D eigenvalue weighted by molar-refractivity contribution is -0.0506. The van der Waals surface area contributed by atoms with Crippen molar-refractivity contribution in [1.82, 2.24) is 9.55 Å². The van der Waals surface area contributed by atoms with Crippen molar-refractivity contribution in [2.45, 2.75) is 25.1 Å². The summed E-state index contributed by atoms with van der Waals surface area (Å²) in [6, 6.07) is 6.46. The molecule has 3 aromatic rings. The van der Waals surface area contributed by atoms with Crippen LogP contribution < -0.4 is 10.1 Å². The van der Waals surface area contributed by atoms with E-state index >= 15 is 0 Å². The van der Waals surface area contributed by atoms with Gasteiger partial charge >= 0.3 is 6.61 Å². The summed E-state index contributed by atoms with van der Waals surface area (Å²) in [5, 5.41) is 4.27. The highest BCUT2D eigenvalue weighted by atomic mass is 35.5. The van der Waals surface area contributed by atoms with Gasteiger partial charge in [-0.05, 0) is 30.7 Å². The Hall–Kier alpha value is -1.76. The lowest BCUT2D eigenvalue weighted by atomic mass is 9.95. The van der Waals surface area contributed by atoms with Crippen molar-refractivity contribution in [2.75, 3.05) is 5.32 Å². The van der Waals surface area contributed by atoms with Crippen LogP contribution >= 0.6 is 34.8 Å². The zero-order valence-electron chi connectivity index (χ0n) is 12.9. The van der Waals surface area contributed by atoms with E-state index in [9.17, 15) is 8.78 Å². The van der Waals surface area contributed by atoms with Crippen molar-refractivity contribution in [3.8, 4) is 5.75 Å². The number of aromatic nitrogens is 2. The summed E-state index contributed by atoms with van der Waals surface area (Å²) in [5.74, 6) is 0.743. The van der Waals surface area contributed by atoms with Gasteiger partial charge in [0.2, 0.25) is 0 Å². The van der Waals surface area contributed by atoms with Crippen LogP contribution in [-0.4, -0.2) is 16.2 Å². The molecule has 1 aromatic heterocycles. The number of nitrogens with one attached hydrogen (secondary N) is 1. The molecule has 5 rings (SSSR count). The number of hydrogen-bond donors (Lipinski definition) is 1. The summed E-state index contributed by atoms with van der Waals surface area (Å²) in [6.07, 6.45) is 0.633. The topological polar surface area (TPSA) is 39.1 Å². The molecular weight excluding hydrogens is 407 g/mol. The Morgan fingerprint density at radius 2 is 2.00 bits per heavy atom. The Kier molecular flexibility index (Phi) is 3.55. The van der Waals surface area contributed by atoms with Gasteiger partial charge in [-0.3, -0.25) is 0 Å². The molecule has 4 nitrogen and oxygen atoms in total. The maximum Gasteiger partial charge on any atom is 0.387 e. The summed E-state index contributed by atoms with van der Waals surface area (Å²) in [5.41, 5.74) is 2.67. The first-order chi connectivity index (χ1) is 12.4. The summed E-state index contributed by atoms with van der Waals surface area (Å²) in [7, 11) is 0. The molecule has 2 atom stereocenters. The third-order valence-corrected chi connectivity index (χ3v) is 5.66. The molecule has 0 radical (unpaired) electrons. The molecule has 26 heavy (non-hydrogen) atoms. The Bertz CT molecular complexity index is 1070. The highest BCUT2D eigenvalue weighted by Gasteiger charge is 2.43. The van der Waals surface area contributed by atoms with Crippen LogP contribution in [0.5, 0.6) is 5.75 Å². The number of alkyl halides is 2. The minimum Gasteiger partial charge on any atom is -0.433 e. The molecule has 3 heterocycles. The van der Waals surface area contributed by atoms with Gasteiger partial charge in [-0.15, -0.1) is 0 Å². The summed E-state index contributed by atoms with van der Waals surface area (Å²) < 4.78 is 32.7. The van der Waals surface area contributed by atoms with Crippen LogP contribution in [-0.2, 0) is 0 Å². The molecule has 0 amide bonds. The second-order valence-corrected chi connectivity index (χ2v) is 7.51. The SMILES string of the molecule is FC(F)Oc1c(Cl)cc(Cl)c2c1[C@H]1C[C@@H](N2)c2nc3ccc(Cl)cc3n21. The first kappa shape index (κ1) is 16.4. The second-order valence-electron chi connectivity index (χ2n) is 6.26. The highest BCUT2D eigenvalue weighted by Crippen LogP contribution is 2.55. The highest BCUT2D eigenvalue weighted by molar-refractivity contribution is 6.37. The summed E-state index contributed by atoms with van der Waals surface area (Å²) in [6.45, 7) is -3.00. The average molecular weight is 417 g/mol. The van der Waals surface area contributed by atoms with E-state index in [2.05, 4.69) is 10.3 Å². The van der Waals surface area contributed by atoms with E-state index in [4.69, 9.17) is 39.5 Å². The predicted molar refractivity (Wildman–Crippen MR) is 97.0 cm³/mol. The zero-order valence-corrected chi connectivity index (χ0v) is 15.2. The van der Waals surface area contributed by atoms with Gasteiger partial charge in [0.05, 0.1) is 38.8 Å². The fourth-order valence-electron chi connectivity index (χ4n) is 3.93. The Labute approximate surface area is 161 Å². The minimum absolute atomic E-state index is 0.0465. The molecule has 2 bridgehead atoms. The number of nitrogens with zero attached hydrogens (tertiary/aromatic N) is 2. The third-order valence-electron chi connectivity index (χ3n) is 4.84. The van der Waals surface area contributed by atoms with Gasteiger partial charge in [0.15, 0.2) is 5.75 Å². The Morgan fingerprint density at radius 3 is 2.77 bits per heavy atom. The quantitative estimate of drug-likeness (QED) is 0.552. The fraction of sp³-hybridized carbons (Fsp3) is 0.235. The van der Waals surface area contributed by atoms with Crippen molar-refractivity contribution < 1.29 is 13.5 Å². The standard InChI is InChI=1S/C17H10Cl3F2N3O/c18-6-1-2-9-11(3-6)25-12-5-10(16(25)24-9)23-14-7(19)4-8(20)15(13(12)14)26-17(21)22/h1-4,10,12,17,23H,5H2/t10-,12-/m1/s1. The molecule has 9 heteroatoms. The number of hydrogen-bond acceptors (Lipinski definition) is 3. The average Bonchev–Trinajstić information content (AvgIpc) is 3.08. The fourth-order valence-corrected chi connectivity index (χ4v) is 4.67. The number of rotatable bonds is 2. The first-order valence-electron chi connectivity index (χ1n) is 7.84. The van der Waals surface area contributed by atoms with E-state index in [0.29, 0.717) is 27.7 Å². The van der Waals surface area contributed by atoms with Crippen LogP contribution in [0, 0.1) is 0 Å². The van der Waals surface area contributed by atoms with Crippen LogP contribution in [0.2, 0.25) is 15.1 Å². The summed E-state index contributed by atoms with van der Waals surface area (Å²) in [4.78, 5) is 4.68. The van der Waals surface area contributed by atoms with Crippen molar-refractivity contribution in [2.24, 2.45) is 0 Å². The predicted octanol–water partition coefficient (Wildman–Crippen LogP) is 6.06. The van der Waals surface area contributed by atoms with E-state index < -0.39 is 6.61 Å². The Balaban J connectivity index is 1.79. The lowest BCUT2D eigenvalue weighted by Crippen LogP contribution is -2.19. The van der Waals surface area contributed by atoms with Crippen LogP contribution in [0.3, 0.4) is 0 Å². The normalized spacial score (nSPS) is 20.2. The van der Waals surface area contributed by atoms with Crippen molar-refractivity contribution in [3.05, 3.63) is 50.7 Å². The molecule has 2 aliphatic heterocycles. The number of benzene rings is 2. The summed E-state index contributed by atoms with van der Waals surface area (Å²) >= 11 is 18.6. The molecule has 0 fully saturated rings. The number of imidazole rings is 1. The second kappa shape index (κ2) is 5.62. The van der Waals surface area contributed by atoms with Crippen molar-refractivity contribution in [3.63, 3.8) is 0 Å². The van der Waals surface area contributed by atoms with Gasteiger partial charge in [-0.25, -0.2) is 4.98 Å². The minimum atomic E-state index is -3.00. The van der Waals surface area contributed by atoms with E-state index in [1.165, 1.54) is 6.07 Å². The number of halogens is 5. The van der Waals surface area contributed by atoms with Crippen LogP contribution in [0.25, 0.3) is 11.0 Å². The van der Waals surface area contributed by atoms with Crippen molar-refractivity contribution >= 4 is 51.5 Å². The van der Waals surface area contributed by atoms with Gasteiger partial charge < -0.3 is 14.6 Å². The van der Waals surface area contributed by atoms with Crippen LogP contribution in [0.1, 0.15) is 29.9 Å². The molecule has 0 saturated heterocycles. The molecule has 2 aromatic carbocycles. The van der Waals surface area contributed by atoms with Gasteiger partial charge in [0, 0.05) is 10.6 Å². The number of ether oxygens (including phenoxy) is 1. The van der Waals surface area contributed by atoms with Gasteiger partial charge in [-0.2, -0.15) is 8.78 Å². The van der Waals surface area contributed by atoms with E-state index in [1.54, 1.807) is 6.07 Å². The molecular formula is C17H10Cl3F2N3O. The van der Waals surface area contributed by atoms with Crippen LogP contribution in [0.4, 0.5) is 14.5 Å². The monoisotopic (exact) mass is 415 g/mol. The maximum absolute atomic E-state index is 13.0. The third kappa shape index (κ3) is 2.22. The molecule has 0 saturated carbocycles. The van der Waals surface area contributed by atoms with E-state index in [0.717, 1.165) is 16.9 Å². The number of fused-ring (bicyclic) bond motifs is 9. The molecule has 0 aliphatic carbocycles. The van der Waals surface area contributed by atoms with Gasteiger partial charge in [-0.1, -0.05) is 34.8 Å². The molecule has 0 unspecified atom stereocenters. The first-order valence-corrected chi connectivity index (χ1v) is 8.98. The molecule has 134 valence electrons. The molecule has 2 aliphatic rings. The number of anilines is 1. The van der Waals surface area contributed by atoms with Gasteiger partial charge in [0.25, 0.3) is 0 Å². The molecule has 0 spiro atoms. The Morgan fingerprint density at radius 1 is 1.19 bits per heavy atom. The smallest absolute Gasteiger partial charge is 0.387 e. The zero-order chi connectivity index (χ0) is 18.2. The largest absolute Gasteiger partial charge is 0.433 e. The van der Waals surface area contributed by atoms with Crippen LogP contribution in [0.15, 0.2) is 24.3 Å². The maximum atomic E-state index is 13.0. The van der Waals surface area contributed by atoms with E-state index in [-0.39, 0.29) is 22.9 Å². The lowest BCUT2D eigenvalue weighted by Gasteiger charge is -2.28. The van der Waals surface area contributed by atoms with Gasteiger partial charge in [0.1, 0.15) is 5.82 Å². The van der Waals surface area contributed by atoms with Crippen molar-refractivity contribution in [1.29, 1.82) is 0 Å². The van der Waals surface area contributed by atoms with E-state index in [1.807, 2.05) is 16.7 Å².